The van der Waals surface area contributed by atoms with Crippen LogP contribution in [-0.4, -0.2) is 4.57 Å². The Morgan fingerprint density at radius 3 is 1.30 bits per heavy atom. The third-order valence-electron chi connectivity index (χ3n) is 9.12. The van der Waals surface area contributed by atoms with Crippen molar-refractivity contribution in [3.05, 3.63) is 176 Å². The van der Waals surface area contributed by atoms with Crippen molar-refractivity contribution in [2.24, 2.45) is 0 Å². The minimum Gasteiger partial charge on any atom is -0.356 e. The number of anilines is 2. The average Bonchev–Trinajstić information content (AvgIpc) is 3.45. The lowest BCUT2D eigenvalue weighted by Crippen LogP contribution is -1.95. The summed E-state index contributed by atoms with van der Waals surface area (Å²) in [5.74, 6) is 0. The Balaban J connectivity index is 1.21. The number of rotatable bonds is 5. The second-order valence-electron chi connectivity index (χ2n) is 12.0. The Morgan fingerprint density at radius 1 is 0.326 bits per heavy atom. The summed E-state index contributed by atoms with van der Waals surface area (Å²) in [4.78, 5) is 0. The van der Waals surface area contributed by atoms with E-state index in [9.17, 15) is 0 Å². The summed E-state index contributed by atoms with van der Waals surface area (Å²) in [7, 11) is 0. The fourth-order valence-corrected chi connectivity index (χ4v) is 6.78. The molecule has 0 radical (unpaired) electrons. The summed E-state index contributed by atoms with van der Waals surface area (Å²) < 4.78 is 2.39. The van der Waals surface area contributed by atoms with Crippen LogP contribution in [0.5, 0.6) is 0 Å². The van der Waals surface area contributed by atoms with Crippen molar-refractivity contribution < 1.29 is 0 Å². The number of hydrogen-bond donors (Lipinski definition) is 1. The molecule has 46 heavy (non-hydrogen) atoms. The van der Waals surface area contributed by atoms with E-state index >= 15 is 0 Å². The van der Waals surface area contributed by atoms with Crippen molar-refractivity contribution in [3.63, 3.8) is 0 Å². The van der Waals surface area contributed by atoms with E-state index < -0.39 is 0 Å². The topological polar surface area (TPSA) is 17.0 Å². The third-order valence-corrected chi connectivity index (χ3v) is 9.12. The van der Waals surface area contributed by atoms with Gasteiger partial charge >= 0.3 is 0 Å². The Hall–Kier alpha value is -6.12. The van der Waals surface area contributed by atoms with Crippen LogP contribution < -0.4 is 5.32 Å². The van der Waals surface area contributed by atoms with Gasteiger partial charge in [-0.05, 0) is 117 Å². The van der Waals surface area contributed by atoms with Crippen LogP contribution in [0, 0.1) is 0 Å². The fraction of sp³-hybridized carbons (Fsp3) is 0. The smallest absolute Gasteiger partial charge is 0.0541 e. The first-order chi connectivity index (χ1) is 22.8. The molecule has 0 amide bonds. The Kier molecular flexibility index (Phi) is 6.17. The van der Waals surface area contributed by atoms with Crippen molar-refractivity contribution in [1.29, 1.82) is 0 Å². The minimum absolute atomic E-state index is 1.06. The highest BCUT2D eigenvalue weighted by Gasteiger charge is 2.15. The van der Waals surface area contributed by atoms with E-state index in [1.807, 2.05) is 18.2 Å². The molecule has 8 aromatic carbocycles. The van der Waals surface area contributed by atoms with E-state index in [0.29, 0.717) is 0 Å². The van der Waals surface area contributed by atoms with E-state index in [1.54, 1.807) is 0 Å². The second-order valence-corrected chi connectivity index (χ2v) is 12.0. The quantitative estimate of drug-likeness (QED) is 0.212. The number of hydrogen-bond acceptors (Lipinski definition) is 1. The van der Waals surface area contributed by atoms with Crippen LogP contribution in [0.4, 0.5) is 11.4 Å². The van der Waals surface area contributed by atoms with Gasteiger partial charge in [-0.25, -0.2) is 0 Å². The Bertz CT molecular complexity index is 2400. The molecule has 2 heteroatoms. The van der Waals surface area contributed by atoms with Gasteiger partial charge in [0.2, 0.25) is 0 Å². The molecule has 0 saturated heterocycles. The highest BCUT2D eigenvalue weighted by molar-refractivity contribution is 6.12. The molecule has 0 aliphatic heterocycles. The Morgan fingerprint density at radius 2 is 0.761 bits per heavy atom. The summed E-state index contributed by atoms with van der Waals surface area (Å²) in [6.07, 6.45) is 0. The molecule has 0 atom stereocenters. The molecule has 1 aromatic heterocycles. The summed E-state index contributed by atoms with van der Waals surface area (Å²) in [6.45, 7) is 0. The van der Waals surface area contributed by atoms with Gasteiger partial charge in [0, 0.05) is 27.8 Å². The molecule has 0 unspecified atom stereocenters. The molecule has 9 aromatic rings. The maximum atomic E-state index is 3.52. The van der Waals surface area contributed by atoms with Gasteiger partial charge in [-0.2, -0.15) is 0 Å². The fourth-order valence-electron chi connectivity index (χ4n) is 6.78. The molecule has 0 aliphatic rings. The van der Waals surface area contributed by atoms with Crippen molar-refractivity contribution in [1.82, 2.24) is 4.57 Å². The first kappa shape index (κ1) is 26.3. The summed E-state index contributed by atoms with van der Waals surface area (Å²) in [6, 6.07) is 63.5. The maximum absolute atomic E-state index is 3.52. The van der Waals surface area contributed by atoms with E-state index in [-0.39, 0.29) is 0 Å². The number of benzene rings is 8. The van der Waals surface area contributed by atoms with Gasteiger partial charge in [-0.1, -0.05) is 103 Å². The number of aromatic nitrogens is 1. The van der Waals surface area contributed by atoms with Gasteiger partial charge in [0.1, 0.15) is 0 Å². The molecule has 1 N–H and O–H groups in total. The van der Waals surface area contributed by atoms with Crippen LogP contribution in [0.2, 0.25) is 0 Å². The maximum Gasteiger partial charge on any atom is 0.0541 e. The molecule has 0 fully saturated rings. The lowest BCUT2D eigenvalue weighted by atomic mass is 9.98. The SMILES string of the molecule is c1ccc(Nc2ccc(-n3c4ccc(-c5ccc6ccccc6c5)cc4c4cc(-c5ccc6ccccc6c5)ccc43)cc2)cc1. The van der Waals surface area contributed by atoms with Crippen LogP contribution in [0.25, 0.3) is 71.3 Å². The summed E-state index contributed by atoms with van der Waals surface area (Å²) in [5, 5.41) is 11.0. The zero-order chi connectivity index (χ0) is 30.5. The van der Waals surface area contributed by atoms with Crippen LogP contribution in [0.3, 0.4) is 0 Å². The molecule has 0 saturated carbocycles. The van der Waals surface area contributed by atoms with Crippen LogP contribution in [0.15, 0.2) is 176 Å². The molecule has 0 spiro atoms. The van der Waals surface area contributed by atoms with Gasteiger partial charge in [0.25, 0.3) is 0 Å². The summed E-state index contributed by atoms with van der Waals surface area (Å²) in [5.41, 5.74) is 10.6. The van der Waals surface area contributed by atoms with E-state index in [4.69, 9.17) is 0 Å². The van der Waals surface area contributed by atoms with Gasteiger partial charge in [-0.3, -0.25) is 0 Å². The highest BCUT2D eigenvalue weighted by Crippen LogP contribution is 2.38. The van der Waals surface area contributed by atoms with Gasteiger partial charge in [0.05, 0.1) is 11.0 Å². The lowest BCUT2D eigenvalue weighted by molar-refractivity contribution is 1.18. The third kappa shape index (κ3) is 4.60. The van der Waals surface area contributed by atoms with Crippen molar-refractivity contribution in [2.75, 3.05) is 5.32 Å². The zero-order valence-corrected chi connectivity index (χ0v) is 25.2. The molecule has 216 valence electrons. The molecule has 0 bridgehead atoms. The van der Waals surface area contributed by atoms with E-state index in [2.05, 4.69) is 168 Å². The first-order valence-corrected chi connectivity index (χ1v) is 15.8. The van der Waals surface area contributed by atoms with Gasteiger partial charge in [0.15, 0.2) is 0 Å². The number of para-hydroxylation sites is 1. The predicted molar refractivity (Wildman–Crippen MR) is 196 cm³/mol. The van der Waals surface area contributed by atoms with E-state index in [1.165, 1.54) is 65.6 Å². The average molecular weight is 587 g/mol. The molecular formula is C44H30N2. The zero-order valence-electron chi connectivity index (χ0n) is 25.2. The monoisotopic (exact) mass is 586 g/mol. The standard InChI is InChI=1S/C44H30N2/c1-2-12-38(13-3-1)45-39-20-22-40(23-21-39)46-43-24-18-36(34-16-14-30-8-4-6-10-32(30)26-34)28-41(43)42-29-37(19-25-44(42)46)35-17-15-31-9-5-7-11-33(31)27-35/h1-29,45H. The Labute approximate surface area is 267 Å². The molecule has 1 heterocycles. The molecule has 9 rings (SSSR count). The van der Waals surface area contributed by atoms with Gasteiger partial charge in [-0.15, -0.1) is 0 Å². The molecule has 0 aliphatic carbocycles. The number of nitrogens with zero attached hydrogens (tertiary/aromatic N) is 1. The van der Waals surface area contributed by atoms with Crippen molar-refractivity contribution in [3.8, 4) is 27.9 Å². The van der Waals surface area contributed by atoms with Crippen LogP contribution in [0.1, 0.15) is 0 Å². The molecular weight excluding hydrogens is 556 g/mol. The first-order valence-electron chi connectivity index (χ1n) is 15.8. The van der Waals surface area contributed by atoms with Crippen molar-refractivity contribution >= 4 is 54.7 Å². The van der Waals surface area contributed by atoms with Crippen molar-refractivity contribution in [2.45, 2.75) is 0 Å². The van der Waals surface area contributed by atoms with Gasteiger partial charge < -0.3 is 9.88 Å². The highest BCUT2D eigenvalue weighted by atomic mass is 15.0. The second kappa shape index (κ2) is 10.8. The normalized spacial score (nSPS) is 11.5. The summed E-state index contributed by atoms with van der Waals surface area (Å²) >= 11 is 0. The largest absolute Gasteiger partial charge is 0.356 e. The minimum atomic E-state index is 1.06. The number of fused-ring (bicyclic) bond motifs is 5. The van der Waals surface area contributed by atoms with Crippen LogP contribution in [-0.2, 0) is 0 Å². The molecule has 2 nitrogen and oxygen atoms in total. The lowest BCUT2D eigenvalue weighted by Gasteiger charge is -2.11. The predicted octanol–water partition coefficient (Wildman–Crippen LogP) is 12.2. The van der Waals surface area contributed by atoms with E-state index in [0.717, 1.165) is 17.1 Å². The number of nitrogens with one attached hydrogen (secondary N) is 1. The van der Waals surface area contributed by atoms with Crippen LogP contribution >= 0.6 is 0 Å².